The number of rotatable bonds is 2. The zero-order valence-corrected chi connectivity index (χ0v) is 9.25. The Labute approximate surface area is 93.3 Å². The van der Waals surface area contributed by atoms with Crippen molar-refractivity contribution in [2.45, 2.75) is 31.9 Å². The molecule has 2 rings (SSSR count). The van der Waals surface area contributed by atoms with E-state index in [0.717, 1.165) is 5.56 Å². The molecule has 1 aliphatic rings. The van der Waals surface area contributed by atoms with Crippen LogP contribution in [0.2, 0.25) is 0 Å². The van der Waals surface area contributed by atoms with Gasteiger partial charge in [-0.05, 0) is 31.5 Å². The minimum atomic E-state index is -0.867. The molecule has 0 saturated carbocycles. The molecule has 0 saturated heterocycles. The van der Waals surface area contributed by atoms with Crippen LogP contribution in [0.4, 0.5) is 4.39 Å². The number of amides is 1. The maximum atomic E-state index is 13.0. The minimum absolute atomic E-state index is 0.233. The lowest BCUT2D eigenvalue weighted by Crippen LogP contribution is -2.28. The Hall–Kier alpha value is -1.42. The normalized spacial score (nSPS) is 19.5. The zero-order chi connectivity index (χ0) is 11.9. The summed E-state index contributed by atoms with van der Waals surface area (Å²) >= 11 is 0. The number of carbonyl (C=O) groups is 1. The fraction of sp³-hybridized carbons (Fsp3) is 0.417. The highest BCUT2D eigenvalue weighted by molar-refractivity contribution is 5.99. The molecular formula is C12H14FNO2. The maximum absolute atomic E-state index is 13.0. The average molecular weight is 223 g/mol. The first-order chi connectivity index (χ1) is 7.37. The number of benzene rings is 1. The van der Waals surface area contributed by atoms with E-state index < -0.39 is 11.4 Å². The fourth-order valence-electron chi connectivity index (χ4n) is 2.00. The first-order valence-corrected chi connectivity index (χ1v) is 5.19. The predicted molar refractivity (Wildman–Crippen MR) is 57.5 cm³/mol. The van der Waals surface area contributed by atoms with Crippen LogP contribution < -0.4 is 5.32 Å². The van der Waals surface area contributed by atoms with Crippen LogP contribution in [0.1, 0.15) is 42.2 Å². The molecule has 1 aliphatic heterocycles. The second-order valence-electron chi connectivity index (χ2n) is 4.77. The Morgan fingerprint density at radius 3 is 2.81 bits per heavy atom. The number of hydrogen-bond acceptors (Lipinski definition) is 2. The number of hydrogen-bond donors (Lipinski definition) is 2. The summed E-state index contributed by atoms with van der Waals surface area (Å²) in [5.41, 5.74) is 0.260. The highest BCUT2D eigenvalue weighted by Crippen LogP contribution is 2.31. The van der Waals surface area contributed by atoms with Crippen molar-refractivity contribution in [3.63, 3.8) is 0 Å². The summed E-state index contributed by atoms with van der Waals surface area (Å²) in [6, 6.07) is 3.92. The van der Waals surface area contributed by atoms with E-state index in [1.807, 2.05) is 0 Å². The molecule has 1 unspecified atom stereocenters. The van der Waals surface area contributed by atoms with Crippen molar-refractivity contribution in [1.82, 2.24) is 5.32 Å². The molecule has 0 bridgehead atoms. The van der Waals surface area contributed by atoms with Crippen molar-refractivity contribution < 1.29 is 14.3 Å². The molecule has 0 spiro atoms. The molecule has 0 fully saturated rings. The number of nitrogens with one attached hydrogen (secondary N) is 1. The van der Waals surface area contributed by atoms with Gasteiger partial charge >= 0.3 is 0 Å². The molecule has 0 aromatic heterocycles. The molecule has 0 radical (unpaired) electrons. The molecule has 1 aromatic carbocycles. The second kappa shape index (κ2) is 3.56. The number of halogens is 1. The van der Waals surface area contributed by atoms with E-state index in [-0.39, 0.29) is 11.9 Å². The summed E-state index contributed by atoms with van der Waals surface area (Å²) < 4.78 is 13.0. The van der Waals surface area contributed by atoms with Crippen LogP contribution in [0.25, 0.3) is 0 Å². The van der Waals surface area contributed by atoms with Gasteiger partial charge in [0.2, 0.25) is 0 Å². The zero-order valence-electron chi connectivity index (χ0n) is 9.25. The van der Waals surface area contributed by atoms with E-state index in [1.165, 1.54) is 12.1 Å². The lowest BCUT2D eigenvalue weighted by molar-refractivity contribution is 0.0591. The first kappa shape index (κ1) is 11.1. The van der Waals surface area contributed by atoms with Crippen molar-refractivity contribution >= 4 is 5.91 Å². The van der Waals surface area contributed by atoms with Crippen LogP contribution in [0.15, 0.2) is 18.2 Å². The summed E-state index contributed by atoms with van der Waals surface area (Å²) in [4.78, 5) is 11.6. The Balaban J connectivity index is 2.33. The van der Waals surface area contributed by atoms with Gasteiger partial charge in [-0.1, -0.05) is 6.07 Å². The molecule has 16 heavy (non-hydrogen) atoms. The summed E-state index contributed by atoms with van der Waals surface area (Å²) in [5.74, 6) is -0.693. The van der Waals surface area contributed by atoms with Crippen LogP contribution in [0.5, 0.6) is 0 Å². The molecule has 0 aliphatic carbocycles. The van der Waals surface area contributed by atoms with E-state index in [4.69, 9.17) is 0 Å². The van der Waals surface area contributed by atoms with Gasteiger partial charge in [0.25, 0.3) is 5.91 Å². The largest absolute Gasteiger partial charge is 0.390 e. The molecule has 1 heterocycles. The maximum Gasteiger partial charge on any atom is 0.252 e. The van der Waals surface area contributed by atoms with E-state index in [0.29, 0.717) is 12.0 Å². The predicted octanol–water partition coefficient (Wildman–Crippen LogP) is 1.77. The molecule has 1 atom stereocenters. The van der Waals surface area contributed by atoms with Gasteiger partial charge in [-0.2, -0.15) is 0 Å². The van der Waals surface area contributed by atoms with Gasteiger partial charge in [0.1, 0.15) is 5.82 Å². The number of carbonyl (C=O) groups excluding carboxylic acids is 1. The van der Waals surface area contributed by atoms with E-state index in [2.05, 4.69) is 5.32 Å². The molecule has 3 nitrogen and oxygen atoms in total. The van der Waals surface area contributed by atoms with E-state index in [1.54, 1.807) is 19.9 Å². The SMILES string of the molecule is CC(C)(O)CC1NC(=O)c2cc(F)ccc21. The smallest absolute Gasteiger partial charge is 0.252 e. The van der Waals surface area contributed by atoms with Crippen LogP contribution in [0, 0.1) is 5.82 Å². The van der Waals surface area contributed by atoms with Gasteiger partial charge in [0, 0.05) is 12.0 Å². The lowest BCUT2D eigenvalue weighted by atomic mass is 9.94. The molecule has 86 valence electrons. The summed E-state index contributed by atoms with van der Waals surface area (Å²) in [5, 5.41) is 12.5. The van der Waals surface area contributed by atoms with Crippen LogP contribution in [-0.4, -0.2) is 16.6 Å². The third kappa shape index (κ3) is 2.07. The van der Waals surface area contributed by atoms with Crippen molar-refractivity contribution in [1.29, 1.82) is 0 Å². The molecule has 1 amide bonds. The van der Waals surface area contributed by atoms with Gasteiger partial charge in [0.05, 0.1) is 11.6 Å². The van der Waals surface area contributed by atoms with Crippen molar-refractivity contribution in [2.75, 3.05) is 0 Å². The number of aliphatic hydroxyl groups is 1. The van der Waals surface area contributed by atoms with Gasteiger partial charge < -0.3 is 10.4 Å². The molecule has 2 N–H and O–H groups in total. The Kier molecular flexibility index (Phi) is 2.46. The van der Waals surface area contributed by atoms with Crippen LogP contribution >= 0.6 is 0 Å². The molecule has 4 heteroatoms. The van der Waals surface area contributed by atoms with E-state index in [9.17, 15) is 14.3 Å². The lowest BCUT2D eigenvalue weighted by Gasteiger charge is -2.22. The van der Waals surface area contributed by atoms with Crippen LogP contribution in [-0.2, 0) is 0 Å². The molecule has 1 aromatic rings. The minimum Gasteiger partial charge on any atom is -0.390 e. The van der Waals surface area contributed by atoms with Gasteiger partial charge in [-0.25, -0.2) is 4.39 Å². The van der Waals surface area contributed by atoms with E-state index >= 15 is 0 Å². The molecular weight excluding hydrogens is 209 g/mol. The Morgan fingerprint density at radius 2 is 2.19 bits per heavy atom. The van der Waals surface area contributed by atoms with Crippen LogP contribution in [0.3, 0.4) is 0 Å². The van der Waals surface area contributed by atoms with Crippen molar-refractivity contribution in [3.8, 4) is 0 Å². The third-order valence-corrected chi connectivity index (χ3v) is 2.64. The standard InChI is InChI=1S/C12H14FNO2/c1-12(2,16)6-10-8-4-3-7(13)5-9(8)11(15)14-10/h3-5,10,16H,6H2,1-2H3,(H,14,15). The fourth-order valence-corrected chi connectivity index (χ4v) is 2.00. The number of fused-ring (bicyclic) bond motifs is 1. The quantitative estimate of drug-likeness (QED) is 0.802. The topological polar surface area (TPSA) is 49.3 Å². The summed E-state index contributed by atoms with van der Waals surface area (Å²) in [6.45, 7) is 3.36. The summed E-state index contributed by atoms with van der Waals surface area (Å²) in [7, 11) is 0. The highest BCUT2D eigenvalue weighted by atomic mass is 19.1. The Bertz CT molecular complexity index is 437. The van der Waals surface area contributed by atoms with Crippen molar-refractivity contribution in [2.24, 2.45) is 0 Å². The van der Waals surface area contributed by atoms with Gasteiger partial charge in [-0.15, -0.1) is 0 Å². The summed E-state index contributed by atoms with van der Waals surface area (Å²) in [6.07, 6.45) is 0.414. The monoisotopic (exact) mass is 223 g/mol. The van der Waals surface area contributed by atoms with Crippen molar-refractivity contribution in [3.05, 3.63) is 35.1 Å². The third-order valence-electron chi connectivity index (χ3n) is 2.64. The second-order valence-corrected chi connectivity index (χ2v) is 4.77. The first-order valence-electron chi connectivity index (χ1n) is 5.19. The Morgan fingerprint density at radius 1 is 1.50 bits per heavy atom. The average Bonchev–Trinajstić information content (AvgIpc) is 2.40. The van der Waals surface area contributed by atoms with Gasteiger partial charge in [0.15, 0.2) is 0 Å². The highest BCUT2D eigenvalue weighted by Gasteiger charge is 2.32. The van der Waals surface area contributed by atoms with Gasteiger partial charge in [-0.3, -0.25) is 4.79 Å².